The fourth-order valence-electron chi connectivity index (χ4n) is 1.97. The van der Waals surface area contributed by atoms with Crippen molar-refractivity contribution in [1.29, 1.82) is 0 Å². The third kappa shape index (κ3) is 4.20. The Morgan fingerprint density at radius 1 is 1.00 bits per heavy atom. The van der Waals surface area contributed by atoms with Crippen molar-refractivity contribution in [2.45, 2.75) is 20.8 Å². The Hall–Kier alpha value is -2.21. The average molecular weight is 393 g/mol. The smallest absolute Gasteiger partial charge is 0.239 e. The Kier molecular flexibility index (Phi) is 5.39. The minimum absolute atomic E-state index is 0.306. The van der Waals surface area contributed by atoms with Crippen molar-refractivity contribution in [2.75, 3.05) is 10.6 Å². The molecule has 0 aromatic heterocycles. The van der Waals surface area contributed by atoms with Crippen molar-refractivity contribution in [2.24, 2.45) is 5.41 Å². The molecule has 2 N–H and O–H groups in total. The molecule has 2 aromatic rings. The van der Waals surface area contributed by atoms with Gasteiger partial charge in [0.15, 0.2) is 0 Å². The number of hydrogen-bond donors (Lipinski definition) is 2. The van der Waals surface area contributed by atoms with E-state index in [1.165, 1.54) is 32.0 Å². The van der Waals surface area contributed by atoms with Crippen LogP contribution in [0.4, 0.5) is 15.8 Å². The van der Waals surface area contributed by atoms with E-state index in [2.05, 4.69) is 26.6 Å². The first-order chi connectivity index (χ1) is 11.2. The third-order valence-electron chi connectivity index (χ3n) is 3.63. The van der Waals surface area contributed by atoms with Crippen molar-refractivity contribution in [1.82, 2.24) is 0 Å². The van der Waals surface area contributed by atoms with Crippen LogP contribution in [-0.2, 0) is 9.59 Å². The van der Waals surface area contributed by atoms with E-state index < -0.39 is 23.0 Å². The van der Waals surface area contributed by atoms with Crippen LogP contribution >= 0.6 is 15.9 Å². The lowest BCUT2D eigenvalue weighted by molar-refractivity contribution is -0.135. The van der Waals surface area contributed by atoms with Gasteiger partial charge in [-0.3, -0.25) is 9.59 Å². The summed E-state index contributed by atoms with van der Waals surface area (Å²) < 4.78 is 14.1. The first-order valence-corrected chi connectivity index (χ1v) is 8.14. The van der Waals surface area contributed by atoms with Gasteiger partial charge in [-0.2, -0.15) is 0 Å². The number of aryl methyl sites for hydroxylation is 1. The number of benzene rings is 2. The zero-order chi connectivity index (χ0) is 17.9. The van der Waals surface area contributed by atoms with E-state index in [1.807, 2.05) is 19.1 Å². The monoisotopic (exact) mass is 392 g/mol. The number of anilines is 2. The molecule has 0 aliphatic heterocycles. The van der Waals surface area contributed by atoms with E-state index in [0.717, 1.165) is 10.0 Å². The summed E-state index contributed by atoms with van der Waals surface area (Å²) in [6.45, 7) is 4.94. The second-order valence-corrected chi connectivity index (χ2v) is 6.86. The van der Waals surface area contributed by atoms with Gasteiger partial charge in [0.1, 0.15) is 11.2 Å². The second kappa shape index (κ2) is 7.13. The van der Waals surface area contributed by atoms with Crippen molar-refractivity contribution in [3.05, 3.63) is 58.3 Å². The molecule has 0 heterocycles. The molecule has 4 nitrogen and oxygen atoms in total. The van der Waals surface area contributed by atoms with Crippen molar-refractivity contribution in [3.63, 3.8) is 0 Å². The molecule has 0 saturated carbocycles. The Morgan fingerprint density at radius 2 is 1.58 bits per heavy atom. The van der Waals surface area contributed by atoms with E-state index in [0.29, 0.717) is 11.4 Å². The highest BCUT2D eigenvalue weighted by molar-refractivity contribution is 9.10. The van der Waals surface area contributed by atoms with Gasteiger partial charge in [-0.25, -0.2) is 4.39 Å². The van der Waals surface area contributed by atoms with E-state index in [-0.39, 0.29) is 0 Å². The van der Waals surface area contributed by atoms with E-state index in [9.17, 15) is 14.0 Å². The molecule has 0 saturated heterocycles. The van der Waals surface area contributed by atoms with Crippen LogP contribution in [0.1, 0.15) is 19.4 Å². The highest BCUT2D eigenvalue weighted by atomic mass is 79.9. The van der Waals surface area contributed by atoms with Gasteiger partial charge in [-0.15, -0.1) is 0 Å². The highest BCUT2D eigenvalue weighted by Gasteiger charge is 2.36. The summed E-state index contributed by atoms with van der Waals surface area (Å²) in [7, 11) is 0. The molecule has 2 aromatic carbocycles. The molecular weight excluding hydrogens is 375 g/mol. The second-order valence-electron chi connectivity index (χ2n) is 6.01. The van der Waals surface area contributed by atoms with Crippen LogP contribution in [-0.4, -0.2) is 11.8 Å². The van der Waals surface area contributed by atoms with Crippen LogP contribution in [0, 0.1) is 18.2 Å². The summed E-state index contributed by atoms with van der Waals surface area (Å²) in [5.74, 6) is -1.42. The van der Waals surface area contributed by atoms with Gasteiger partial charge in [0.05, 0.1) is 0 Å². The van der Waals surface area contributed by atoms with E-state index in [4.69, 9.17) is 0 Å². The van der Waals surface area contributed by atoms with Gasteiger partial charge in [0.25, 0.3) is 0 Å². The minimum Gasteiger partial charge on any atom is -0.325 e. The quantitative estimate of drug-likeness (QED) is 0.752. The van der Waals surface area contributed by atoms with Crippen LogP contribution in [0.15, 0.2) is 46.9 Å². The molecule has 126 valence electrons. The Labute approximate surface area is 148 Å². The summed E-state index contributed by atoms with van der Waals surface area (Å²) in [6, 6.07) is 10.9. The minimum atomic E-state index is -1.33. The van der Waals surface area contributed by atoms with E-state index >= 15 is 0 Å². The largest absolute Gasteiger partial charge is 0.325 e. The maximum atomic E-state index is 13.2. The SMILES string of the molecule is Cc1cc(NC(=O)C(C)(C)C(=O)Nc2cccc(F)c2)ccc1Br. The zero-order valence-electron chi connectivity index (χ0n) is 13.6. The summed E-state index contributed by atoms with van der Waals surface area (Å²) in [5.41, 5.74) is 0.551. The van der Waals surface area contributed by atoms with Crippen molar-refractivity contribution in [3.8, 4) is 0 Å². The fraction of sp³-hybridized carbons (Fsp3) is 0.222. The average Bonchev–Trinajstić information content (AvgIpc) is 2.50. The molecule has 0 atom stereocenters. The molecule has 0 fully saturated rings. The lowest BCUT2D eigenvalue weighted by Gasteiger charge is -2.23. The molecule has 0 spiro atoms. The standard InChI is InChI=1S/C18H18BrFN2O2/c1-11-9-14(7-8-15(11)19)22-17(24)18(2,3)16(23)21-13-6-4-5-12(20)10-13/h4-10H,1-3H3,(H,21,23)(H,22,24). The number of carbonyl (C=O) groups is 2. The van der Waals surface area contributed by atoms with Crippen LogP contribution in [0.3, 0.4) is 0 Å². The topological polar surface area (TPSA) is 58.2 Å². The molecule has 0 bridgehead atoms. The van der Waals surface area contributed by atoms with Crippen LogP contribution in [0.2, 0.25) is 0 Å². The van der Waals surface area contributed by atoms with Gasteiger partial charge in [0.2, 0.25) is 11.8 Å². The van der Waals surface area contributed by atoms with Gasteiger partial charge in [-0.1, -0.05) is 22.0 Å². The lowest BCUT2D eigenvalue weighted by Crippen LogP contribution is -2.41. The van der Waals surface area contributed by atoms with Crippen LogP contribution < -0.4 is 10.6 Å². The fourth-order valence-corrected chi connectivity index (χ4v) is 2.21. The third-order valence-corrected chi connectivity index (χ3v) is 4.52. The highest BCUT2D eigenvalue weighted by Crippen LogP contribution is 2.24. The van der Waals surface area contributed by atoms with Crippen molar-refractivity contribution < 1.29 is 14.0 Å². The lowest BCUT2D eigenvalue weighted by atomic mass is 9.90. The predicted octanol–water partition coefficient (Wildman–Crippen LogP) is 4.50. The molecule has 0 aliphatic rings. The Morgan fingerprint density at radius 3 is 2.12 bits per heavy atom. The first-order valence-electron chi connectivity index (χ1n) is 7.35. The zero-order valence-corrected chi connectivity index (χ0v) is 15.2. The van der Waals surface area contributed by atoms with Crippen LogP contribution in [0.25, 0.3) is 0 Å². The number of hydrogen-bond acceptors (Lipinski definition) is 2. The molecule has 0 radical (unpaired) electrons. The number of amides is 2. The van der Waals surface area contributed by atoms with E-state index in [1.54, 1.807) is 12.1 Å². The van der Waals surface area contributed by atoms with Gasteiger partial charge < -0.3 is 10.6 Å². The molecule has 2 rings (SSSR count). The van der Waals surface area contributed by atoms with Crippen LogP contribution in [0.5, 0.6) is 0 Å². The molecule has 6 heteroatoms. The predicted molar refractivity (Wildman–Crippen MR) is 96.3 cm³/mol. The summed E-state index contributed by atoms with van der Waals surface area (Å²) in [6.07, 6.45) is 0. The molecule has 0 aliphatic carbocycles. The first kappa shape index (κ1) is 18.1. The van der Waals surface area contributed by atoms with Gasteiger partial charge in [-0.05, 0) is 62.7 Å². The number of halogens is 2. The maximum Gasteiger partial charge on any atom is 0.239 e. The number of nitrogens with one attached hydrogen (secondary N) is 2. The summed E-state index contributed by atoms with van der Waals surface area (Å²) in [5, 5.41) is 5.30. The molecule has 24 heavy (non-hydrogen) atoms. The maximum absolute atomic E-state index is 13.2. The molecule has 2 amide bonds. The van der Waals surface area contributed by atoms with Gasteiger partial charge >= 0.3 is 0 Å². The van der Waals surface area contributed by atoms with Crippen molar-refractivity contribution >= 4 is 39.1 Å². The number of rotatable bonds is 4. The van der Waals surface area contributed by atoms with Gasteiger partial charge in [0, 0.05) is 15.8 Å². The Bertz CT molecular complexity index is 790. The molecular formula is C18H18BrFN2O2. The normalized spacial score (nSPS) is 11.0. The number of carbonyl (C=O) groups excluding carboxylic acids is 2. The Balaban J connectivity index is 2.11. The summed E-state index contributed by atoms with van der Waals surface area (Å²) in [4.78, 5) is 24.9. The molecule has 0 unspecified atom stereocenters. The summed E-state index contributed by atoms with van der Waals surface area (Å²) >= 11 is 3.39.